The molecule has 2 aliphatic heterocycles. The number of hydrogen-bond acceptors (Lipinski definition) is 7. The number of hydrogen-bond donors (Lipinski definition) is 1. The van der Waals surface area contributed by atoms with Gasteiger partial charge >= 0.3 is 0 Å². The maximum atomic E-state index is 13.6. The van der Waals surface area contributed by atoms with Crippen LogP contribution in [0.25, 0.3) is 0 Å². The van der Waals surface area contributed by atoms with Crippen molar-refractivity contribution in [2.45, 2.75) is 18.4 Å². The molecule has 8 nitrogen and oxygen atoms in total. The molecule has 2 amide bonds. The summed E-state index contributed by atoms with van der Waals surface area (Å²) in [7, 11) is 7.02. The molecule has 34 heavy (non-hydrogen) atoms. The summed E-state index contributed by atoms with van der Waals surface area (Å²) in [5.41, 5.74) is 1.15. The molecule has 2 atom stereocenters. The largest absolute Gasteiger partial charge is 0.493 e. The van der Waals surface area contributed by atoms with Gasteiger partial charge in [-0.1, -0.05) is 6.07 Å². The van der Waals surface area contributed by atoms with Gasteiger partial charge in [-0.25, -0.2) is 0 Å². The number of amides is 2. The lowest BCUT2D eigenvalue weighted by Gasteiger charge is -2.39. The molecule has 4 rings (SSSR count). The average molecular weight is 487 g/mol. The molecule has 0 bridgehead atoms. The summed E-state index contributed by atoms with van der Waals surface area (Å²) >= 11 is 1.56. The Morgan fingerprint density at radius 1 is 1.12 bits per heavy atom. The van der Waals surface area contributed by atoms with Crippen molar-refractivity contribution in [3.05, 3.63) is 45.6 Å². The van der Waals surface area contributed by atoms with E-state index in [1.165, 1.54) is 0 Å². The van der Waals surface area contributed by atoms with E-state index in [0.29, 0.717) is 29.2 Å². The smallest absolute Gasteiger partial charge is 0.254 e. The molecule has 2 aliphatic rings. The molecule has 0 spiro atoms. The monoisotopic (exact) mass is 486 g/mol. The van der Waals surface area contributed by atoms with E-state index in [1.54, 1.807) is 49.6 Å². The number of fused-ring (bicyclic) bond motifs is 1. The van der Waals surface area contributed by atoms with E-state index in [2.05, 4.69) is 22.2 Å². The molecular formula is C25H34N4O4S. The SMILES string of the molecule is COc1cc2c(cc1OC)[C@H](C(=O)NCCCN1CCN(C)CC1)[C@H](c1cccs1)N(C)C2=O. The molecule has 0 aliphatic carbocycles. The van der Waals surface area contributed by atoms with Crippen molar-refractivity contribution in [1.29, 1.82) is 0 Å². The number of benzene rings is 1. The van der Waals surface area contributed by atoms with Crippen molar-refractivity contribution in [3.8, 4) is 11.5 Å². The van der Waals surface area contributed by atoms with Crippen LogP contribution in [0.15, 0.2) is 29.6 Å². The summed E-state index contributed by atoms with van der Waals surface area (Å²) in [4.78, 5) is 34.4. The number of nitrogens with zero attached hydrogens (tertiary/aromatic N) is 3. The number of carbonyl (C=O) groups is 2. The first-order valence-electron chi connectivity index (χ1n) is 11.7. The summed E-state index contributed by atoms with van der Waals surface area (Å²) in [5, 5.41) is 5.13. The first kappa shape index (κ1) is 24.5. The Bertz CT molecular complexity index is 1000. The van der Waals surface area contributed by atoms with Gasteiger partial charge in [-0.05, 0) is 49.2 Å². The van der Waals surface area contributed by atoms with Gasteiger partial charge < -0.3 is 29.5 Å². The Kier molecular flexibility index (Phi) is 7.75. The quantitative estimate of drug-likeness (QED) is 0.578. The van der Waals surface area contributed by atoms with Crippen molar-refractivity contribution >= 4 is 23.2 Å². The average Bonchev–Trinajstić information content (AvgIpc) is 3.38. The van der Waals surface area contributed by atoms with Crippen LogP contribution in [-0.4, -0.2) is 94.1 Å². The van der Waals surface area contributed by atoms with Gasteiger partial charge in [0.15, 0.2) is 11.5 Å². The predicted molar refractivity (Wildman–Crippen MR) is 133 cm³/mol. The number of rotatable bonds is 8. The van der Waals surface area contributed by atoms with Gasteiger partial charge in [0.1, 0.15) is 0 Å². The molecule has 1 aromatic carbocycles. The first-order chi connectivity index (χ1) is 16.4. The molecule has 3 heterocycles. The number of thiophene rings is 1. The summed E-state index contributed by atoms with van der Waals surface area (Å²) in [6.07, 6.45) is 0.888. The molecule has 9 heteroatoms. The van der Waals surface area contributed by atoms with Crippen LogP contribution in [-0.2, 0) is 4.79 Å². The van der Waals surface area contributed by atoms with Crippen molar-refractivity contribution < 1.29 is 19.1 Å². The second kappa shape index (κ2) is 10.8. The standard InChI is InChI=1S/C25H34N4O4S/c1-27-10-12-29(13-11-27)9-6-8-26-24(30)22-17-15-19(32-3)20(33-4)16-18(17)25(31)28(2)23(22)21-7-5-14-34-21/h5,7,14-16,22-23H,6,8-13H2,1-4H3,(H,26,30)/t22-,23-/m0/s1. The molecular weight excluding hydrogens is 452 g/mol. The molecule has 1 N–H and O–H groups in total. The Hall–Kier alpha value is -2.62. The van der Waals surface area contributed by atoms with Crippen LogP contribution in [0.5, 0.6) is 11.5 Å². The fraction of sp³-hybridized carbons (Fsp3) is 0.520. The van der Waals surface area contributed by atoms with Gasteiger partial charge in [-0.2, -0.15) is 0 Å². The third-order valence-corrected chi connectivity index (χ3v) is 7.78. The summed E-state index contributed by atoms with van der Waals surface area (Å²) < 4.78 is 10.9. The van der Waals surface area contributed by atoms with Crippen LogP contribution >= 0.6 is 11.3 Å². The van der Waals surface area contributed by atoms with E-state index in [9.17, 15) is 9.59 Å². The number of nitrogens with one attached hydrogen (secondary N) is 1. The Balaban J connectivity index is 1.56. The van der Waals surface area contributed by atoms with E-state index < -0.39 is 5.92 Å². The molecule has 184 valence electrons. The number of likely N-dealkylation sites (N-methyl/N-ethyl adjacent to an activating group) is 2. The molecule has 0 saturated carbocycles. The highest BCUT2D eigenvalue weighted by atomic mass is 32.1. The first-order valence-corrected chi connectivity index (χ1v) is 12.6. The minimum atomic E-state index is -0.542. The Labute approximate surface area is 205 Å². The maximum Gasteiger partial charge on any atom is 0.254 e. The number of piperazine rings is 1. The molecule has 0 unspecified atom stereocenters. The normalized spacial score (nSPS) is 21.3. The number of methoxy groups -OCH3 is 2. The second-order valence-corrected chi connectivity index (χ2v) is 9.92. The van der Waals surface area contributed by atoms with Gasteiger partial charge in [-0.15, -0.1) is 11.3 Å². The van der Waals surface area contributed by atoms with Crippen molar-refractivity contribution in [3.63, 3.8) is 0 Å². The molecule has 1 saturated heterocycles. The van der Waals surface area contributed by atoms with Crippen molar-refractivity contribution in [2.75, 3.05) is 67.6 Å². The fourth-order valence-corrected chi connectivity index (χ4v) is 5.75. The topological polar surface area (TPSA) is 74.4 Å². The Morgan fingerprint density at radius 2 is 1.82 bits per heavy atom. The zero-order valence-electron chi connectivity index (χ0n) is 20.4. The van der Waals surface area contributed by atoms with E-state index in [1.807, 2.05) is 17.5 Å². The van der Waals surface area contributed by atoms with E-state index in [-0.39, 0.29) is 17.9 Å². The van der Waals surface area contributed by atoms with E-state index in [4.69, 9.17) is 9.47 Å². The van der Waals surface area contributed by atoms with E-state index in [0.717, 1.165) is 44.0 Å². The number of ether oxygens (including phenoxy) is 2. The second-order valence-electron chi connectivity index (χ2n) is 8.94. The number of carbonyl (C=O) groups excluding carboxylic acids is 2. The van der Waals surface area contributed by atoms with Gasteiger partial charge in [-0.3, -0.25) is 9.59 Å². The Morgan fingerprint density at radius 3 is 2.47 bits per heavy atom. The minimum absolute atomic E-state index is 0.0791. The van der Waals surface area contributed by atoms with Crippen molar-refractivity contribution in [1.82, 2.24) is 20.0 Å². The molecule has 1 fully saturated rings. The summed E-state index contributed by atoms with van der Waals surface area (Å²) in [6, 6.07) is 7.03. The lowest BCUT2D eigenvalue weighted by molar-refractivity contribution is -0.124. The highest BCUT2D eigenvalue weighted by Gasteiger charge is 2.44. The lowest BCUT2D eigenvalue weighted by atomic mass is 9.81. The van der Waals surface area contributed by atoms with E-state index >= 15 is 0 Å². The highest BCUT2D eigenvalue weighted by Crippen LogP contribution is 2.46. The lowest BCUT2D eigenvalue weighted by Crippen LogP contribution is -2.46. The molecule has 1 aromatic heterocycles. The zero-order valence-corrected chi connectivity index (χ0v) is 21.2. The molecule has 2 aromatic rings. The van der Waals surface area contributed by atoms with Crippen LogP contribution < -0.4 is 14.8 Å². The summed E-state index contributed by atoms with van der Waals surface area (Å²) in [5.74, 6) is 0.234. The van der Waals surface area contributed by atoms with Crippen LogP contribution in [0.2, 0.25) is 0 Å². The van der Waals surface area contributed by atoms with Gasteiger partial charge in [0, 0.05) is 50.2 Å². The van der Waals surface area contributed by atoms with Gasteiger partial charge in [0.25, 0.3) is 5.91 Å². The van der Waals surface area contributed by atoms with Gasteiger partial charge in [0.2, 0.25) is 5.91 Å². The third kappa shape index (κ3) is 4.92. The minimum Gasteiger partial charge on any atom is -0.493 e. The van der Waals surface area contributed by atoms with Gasteiger partial charge in [0.05, 0.1) is 26.2 Å². The van der Waals surface area contributed by atoms with Crippen molar-refractivity contribution in [2.24, 2.45) is 0 Å². The highest BCUT2D eigenvalue weighted by molar-refractivity contribution is 7.10. The van der Waals surface area contributed by atoms with Crippen LogP contribution in [0.3, 0.4) is 0 Å². The zero-order chi connectivity index (χ0) is 24.2. The summed E-state index contributed by atoms with van der Waals surface area (Å²) in [6.45, 7) is 5.86. The third-order valence-electron chi connectivity index (χ3n) is 6.84. The molecule has 0 radical (unpaired) electrons. The maximum absolute atomic E-state index is 13.6. The van der Waals surface area contributed by atoms with Crippen LogP contribution in [0.1, 0.15) is 39.2 Å². The predicted octanol–water partition coefficient (Wildman–Crippen LogP) is 2.43. The fourth-order valence-electron chi connectivity index (χ4n) is 4.84. The van der Waals surface area contributed by atoms with Crippen LogP contribution in [0, 0.1) is 0 Å². The van der Waals surface area contributed by atoms with Crippen LogP contribution in [0.4, 0.5) is 0 Å².